The Morgan fingerprint density at radius 3 is 2.58 bits per heavy atom. The number of benzene rings is 2. The number of fused-ring (bicyclic) bond motifs is 1. The maximum atomic E-state index is 6.27. The Hall–Kier alpha value is -2.06. The summed E-state index contributed by atoms with van der Waals surface area (Å²) in [5.74, 6) is 0. The van der Waals surface area contributed by atoms with Gasteiger partial charge in [-0.3, -0.25) is 0 Å². The summed E-state index contributed by atoms with van der Waals surface area (Å²) >= 11 is 0. The number of hydrogen-bond donors (Lipinski definition) is 2. The highest BCUT2D eigenvalue weighted by atomic mass is 14.9. The Morgan fingerprint density at radius 2 is 1.74 bits per heavy atom. The van der Waals surface area contributed by atoms with Crippen LogP contribution >= 0.6 is 0 Å². The molecule has 0 spiro atoms. The molecule has 2 atom stereocenters. The van der Waals surface area contributed by atoms with Gasteiger partial charge in [0.25, 0.3) is 0 Å². The van der Waals surface area contributed by atoms with E-state index in [0.29, 0.717) is 6.04 Å². The summed E-state index contributed by atoms with van der Waals surface area (Å²) < 4.78 is 0. The van der Waals surface area contributed by atoms with Gasteiger partial charge in [0, 0.05) is 17.8 Å². The molecule has 1 unspecified atom stereocenters. The molecule has 2 aromatic carbocycles. The normalized spacial score (nSPS) is 18.5. The van der Waals surface area contributed by atoms with E-state index in [0.717, 1.165) is 6.42 Å². The van der Waals surface area contributed by atoms with Crippen molar-refractivity contribution in [1.29, 1.82) is 0 Å². The maximum Gasteiger partial charge on any atom is 0.0465 e. The molecule has 1 aliphatic rings. The molecule has 0 amide bonds. The van der Waals surface area contributed by atoms with Crippen molar-refractivity contribution >= 4 is 11.8 Å². The number of anilines is 1. The van der Waals surface area contributed by atoms with Gasteiger partial charge in [-0.1, -0.05) is 60.7 Å². The van der Waals surface area contributed by atoms with Crippen LogP contribution in [0.25, 0.3) is 6.08 Å². The molecule has 3 N–H and O–H groups in total. The molecule has 0 bridgehead atoms. The molecule has 19 heavy (non-hydrogen) atoms. The van der Waals surface area contributed by atoms with Gasteiger partial charge in [0.15, 0.2) is 0 Å². The van der Waals surface area contributed by atoms with E-state index in [-0.39, 0.29) is 6.04 Å². The lowest BCUT2D eigenvalue weighted by Crippen LogP contribution is -2.25. The predicted octanol–water partition coefficient (Wildman–Crippen LogP) is 3.58. The van der Waals surface area contributed by atoms with Crippen molar-refractivity contribution in [2.24, 2.45) is 5.73 Å². The minimum Gasteiger partial charge on any atom is -0.378 e. The van der Waals surface area contributed by atoms with Crippen LogP contribution < -0.4 is 11.1 Å². The van der Waals surface area contributed by atoms with E-state index in [9.17, 15) is 0 Å². The summed E-state index contributed by atoms with van der Waals surface area (Å²) in [4.78, 5) is 0. The lowest BCUT2D eigenvalue weighted by atomic mass is 9.97. The van der Waals surface area contributed by atoms with Crippen molar-refractivity contribution in [3.63, 3.8) is 0 Å². The Morgan fingerprint density at radius 1 is 1.00 bits per heavy atom. The lowest BCUT2D eigenvalue weighted by Gasteiger charge is -2.25. The fourth-order valence-electron chi connectivity index (χ4n) is 2.49. The summed E-state index contributed by atoms with van der Waals surface area (Å²) in [6.45, 7) is 0. The third-order valence-corrected chi connectivity index (χ3v) is 3.55. The molecular weight excluding hydrogens is 232 g/mol. The summed E-state index contributed by atoms with van der Waals surface area (Å²) in [5.41, 5.74) is 9.90. The standard InChI is InChI=1S/C17H18N2/c18-16(13-6-2-1-3-7-13)12-15-11-10-14-8-4-5-9-17(14)19-15/h1-11,15-16,19H,12,18H2/t15?,16-/m1/s1. The van der Waals surface area contributed by atoms with Crippen LogP contribution in [0.5, 0.6) is 0 Å². The highest BCUT2D eigenvalue weighted by Gasteiger charge is 2.16. The minimum atomic E-state index is 0.0635. The van der Waals surface area contributed by atoms with E-state index in [2.05, 4.69) is 53.9 Å². The van der Waals surface area contributed by atoms with Gasteiger partial charge >= 0.3 is 0 Å². The predicted molar refractivity (Wildman–Crippen MR) is 80.9 cm³/mol. The fourth-order valence-corrected chi connectivity index (χ4v) is 2.49. The summed E-state index contributed by atoms with van der Waals surface area (Å²) in [7, 11) is 0. The zero-order chi connectivity index (χ0) is 13.1. The first-order valence-electron chi connectivity index (χ1n) is 6.67. The molecule has 2 nitrogen and oxygen atoms in total. The molecule has 2 heteroatoms. The van der Waals surface area contributed by atoms with E-state index in [1.54, 1.807) is 0 Å². The van der Waals surface area contributed by atoms with Crippen molar-refractivity contribution in [3.05, 3.63) is 71.8 Å². The summed E-state index contributed by atoms with van der Waals surface area (Å²) in [6, 6.07) is 19.0. The third-order valence-electron chi connectivity index (χ3n) is 3.55. The van der Waals surface area contributed by atoms with Crippen LogP contribution in [0.4, 0.5) is 5.69 Å². The first-order valence-corrected chi connectivity index (χ1v) is 6.67. The van der Waals surface area contributed by atoms with Gasteiger partial charge in [0.05, 0.1) is 0 Å². The Balaban J connectivity index is 1.70. The van der Waals surface area contributed by atoms with E-state index in [4.69, 9.17) is 5.73 Å². The van der Waals surface area contributed by atoms with Crippen LogP contribution in [0.2, 0.25) is 0 Å². The molecular formula is C17H18N2. The Labute approximate surface area is 114 Å². The highest BCUT2D eigenvalue weighted by molar-refractivity contribution is 5.70. The molecule has 96 valence electrons. The second-order valence-corrected chi connectivity index (χ2v) is 4.95. The second kappa shape index (κ2) is 5.29. The zero-order valence-electron chi connectivity index (χ0n) is 10.8. The quantitative estimate of drug-likeness (QED) is 0.873. The third kappa shape index (κ3) is 2.69. The van der Waals surface area contributed by atoms with Gasteiger partial charge in [-0.05, 0) is 23.6 Å². The summed E-state index contributed by atoms with van der Waals surface area (Å²) in [6.07, 6.45) is 5.27. The highest BCUT2D eigenvalue weighted by Crippen LogP contribution is 2.26. The van der Waals surface area contributed by atoms with Gasteiger partial charge in [-0.15, -0.1) is 0 Å². The minimum absolute atomic E-state index is 0.0635. The molecule has 0 fully saturated rings. The number of nitrogens with two attached hydrogens (primary N) is 1. The smallest absolute Gasteiger partial charge is 0.0465 e. The van der Waals surface area contributed by atoms with Crippen LogP contribution in [-0.4, -0.2) is 6.04 Å². The molecule has 3 rings (SSSR count). The fraction of sp³-hybridized carbons (Fsp3) is 0.176. The van der Waals surface area contributed by atoms with Crippen LogP contribution in [0.1, 0.15) is 23.6 Å². The van der Waals surface area contributed by atoms with Crippen LogP contribution in [-0.2, 0) is 0 Å². The van der Waals surface area contributed by atoms with Gasteiger partial charge in [0.1, 0.15) is 0 Å². The van der Waals surface area contributed by atoms with Crippen molar-refractivity contribution in [2.75, 3.05) is 5.32 Å². The molecule has 2 aromatic rings. The van der Waals surface area contributed by atoms with E-state index >= 15 is 0 Å². The first-order chi connectivity index (χ1) is 9.33. The van der Waals surface area contributed by atoms with Crippen molar-refractivity contribution in [3.8, 4) is 0 Å². The Kier molecular flexibility index (Phi) is 3.34. The van der Waals surface area contributed by atoms with Gasteiger partial charge in [-0.25, -0.2) is 0 Å². The number of nitrogens with one attached hydrogen (secondary N) is 1. The zero-order valence-corrected chi connectivity index (χ0v) is 10.8. The van der Waals surface area contributed by atoms with Crippen molar-refractivity contribution in [1.82, 2.24) is 0 Å². The average Bonchev–Trinajstić information content (AvgIpc) is 2.48. The second-order valence-electron chi connectivity index (χ2n) is 4.95. The van der Waals surface area contributed by atoms with Crippen LogP contribution in [0, 0.1) is 0 Å². The molecule has 0 radical (unpaired) electrons. The molecule has 0 saturated carbocycles. The van der Waals surface area contributed by atoms with Crippen LogP contribution in [0.15, 0.2) is 60.7 Å². The first kappa shape index (κ1) is 12.0. The summed E-state index contributed by atoms with van der Waals surface area (Å²) in [5, 5.41) is 3.53. The monoisotopic (exact) mass is 250 g/mol. The maximum absolute atomic E-state index is 6.27. The van der Waals surface area contributed by atoms with Gasteiger partial charge in [0.2, 0.25) is 0 Å². The number of para-hydroxylation sites is 1. The Bertz CT molecular complexity index is 575. The SMILES string of the molecule is N[C@H](CC1C=Cc2ccccc2N1)c1ccccc1. The topological polar surface area (TPSA) is 38.0 Å². The van der Waals surface area contributed by atoms with Crippen molar-refractivity contribution < 1.29 is 0 Å². The van der Waals surface area contributed by atoms with Crippen LogP contribution in [0.3, 0.4) is 0 Å². The molecule has 1 aliphatic heterocycles. The van der Waals surface area contributed by atoms with E-state index < -0.39 is 0 Å². The molecule has 0 aromatic heterocycles. The van der Waals surface area contributed by atoms with E-state index in [1.165, 1.54) is 16.8 Å². The molecule has 1 heterocycles. The van der Waals surface area contributed by atoms with Gasteiger partial charge < -0.3 is 11.1 Å². The average molecular weight is 250 g/mol. The largest absolute Gasteiger partial charge is 0.378 e. The molecule has 0 saturated heterocycles. The number of rotatable bonds is 3. The lowest BCUT2D eigenvalue weighted by molar-refractivity contribution is 0.621. The van der Waals surface area contributed by atoms with E-state index in [1.807, 2.05) is 18.2 Å². The van der Waals surface area contributed by atoms with Gasteiger partial charge in [-0.2, -0.15) is 0 Å². The number of hydrogen-bond acceptors (Lipinski definition) is 2. The van der Waals surface area contributed by atoms with Crippen molar-refractivity contribution in [2.45, 2.75) is 18.5 Å². The molecule has 0 aliphatic carbocycles.